The molecule has 0 radical (unpaired) electrons. The minimum Gasteiger partial charge on any atom is -0.373 e. The van der Waals surface area contributed by atoms with Crippen molar-refractivity contribution < 1.29 is 4.79 Å². The summed E-state index contributed by atoms with van der Waals surface area (Å²) >= 11 is 0. The number of amides is 1. The van der Waals surface area contributed by atoms with Crippen molar-refractivity contribution in [3.8, 4) is 0 Å². The SMILES string of the molecule is CNc1cccc(CN2CCC(NC(C)=O)C2)n1. The molecule has 1 saturated heterocycles. The molecule has 2 rings (SSSR count). The van der Waals surface area contributed by atoms with Gasteiger partial charge in [0.1, 0.15) is 5.82 Å². The molecule has 1 unspecified atom stereocenters. The number of likely N-dealkylation sites (tertiary alicyclic amines) is 1. The van der Waals surface area contributed by atoms with Crippen molar-refractivity contribution in [2.75, 3.05) is 25.5 Å². The van der Waals surface area contributed by atoms with Gasteiger partial charge in [0.2, 0.25) is 5.91 Å². The first-order valence-electron chi connectivity index (χ1n) is 6.30. The summed E-state index contributed by atoms with van der Waals surface area (Å²) in [5.41, 5.74) is 1.06. The molecule has 5 nitrogen and oxygen atoms in total. The molecular formula is C13H20N4O. The van der Waals surface area contributed by atoms with Crippen LogP contribution in [0.4, 0.5) is 5.82 Å². The van der Waals surface area contributed by atoms with Crippen LogP contribution in [0.5, 0.6) is 0 Å². The van der Waals surface area contributed by atoms with Crippen LogP contribution in [0, 0.1) is 0 Å². The zero-order valence-electron chi connectivity index (χ0n) is 10.9. The lowest BCUT2D eigenvalue weighted by Gasteiger charge is -2.16. The summed E-state index contributed by atoms with van der Waals surface area (Å²) in [4.78, 5) is 17.8. The van der Waals surface area contributed by atoms with E-state index in [1.807, 2.05) is 25.2 Å². The van der Waals surface area contributed by atoms with Crippen LogP contribution in [0.1, 0.15) is 19.0 Å². The van der Waals surface area contributed by atoms with Gasteiger partial charge in [0.05, 0.1) is 5.69 Å². The highest BCUT2D eigenvalue weighted by molar-refractivity contribution is 5.73. The minimum absolute atomic E-state index is 0.0529. The first-order chi connectivity index (χ1) is 8.67. The molecule has 1 amide bonds. The van der Waals surface area contributed by atoms with Crippen molar-refractivity contribution in [3.63, 3.8) is 0 Å². The molecule has 2 heterocycles. The number of anilines is 1. The van der Waals surface area contributed by atoms with Crippen LogP contribution >= 0.6 is 0 Å². The van der Waals surface area contributed by atoms with Crippen LogP contribution in [0.2, 0.25) is 0 Å². The predicted octanol–water partition coefficient (Wildman–Crippen LogP) is 0.834. The number of aromatic nitrogens is 1. The number of hydrogen-bond acceptors (Lipinski definition) is 4. The maximum absolute atomic E-state index is 11.0. The second kappa shape index (κ2) is 5.82. The molecule has 5 heteroatoms. The molecule has 98 valence electrons. The van der Waals surface area contributed by atoms with E-state index in [1.54, 1.807) is 6.92 Å². The molecule has 1 atom stereocenters. The lowest BCUT2D eigenvalue weighted by Crippen LogP contribution is -2.35. The molecule has 1 aliphatic heterocycles. The van der Waals surface area contributed by atoms with Gasteiger partial charge in [0.25, 0.3) is 0 Å². The molecule has 18 heavy (non-hydrogen) atoms. The largest absolute Gasteiger partial charge is 0.373 e. The fourth-order valence-electron chi connectivity index (χ4n) is 2.32. The summed E-state index contributed by atoms with van der Waals surface area (Å²) in [6, 6.07) is 6.28. The lowest BCUT2D eigenvalue weighted by molar-refractivity contribution is -0.119. The molecule has 2 N–H and O–H groups in total. The van der Waals surface area contributed by atoms with Crippen LogP contribution in [-0.4, -0.2) is 42.0 Å². The van der Waals surface area contributed by atoms with Crippen molar-refractivity contribution in [2.45, 2.75) is 25.9 Å². The van der Waals surface area contributed by atoms with E-state index in [-0.39, 0.29) is 11.9 Å². The Morgan fingerprint density at radius 1 is 1.56 bits per heavy atom. The maximum atomic E-state index is 11.0. The van der Waals surface area contributed by atoms with Gasteiger partial charge in [-0.1, -0.05) is 6.07 Å². The number of hydrogen-bond donors (Lipinski definition) is 2. The van der Waals surface area contributed by atoms with Crippen molar-refractivity contribution in [3.05, 3.63) is 23.9 Å². The van der Waals surface area contributed by atoms with Crippen molar-refractivity contribution in [1.29, 1.82) is 0 Å². The number of nitrogens with zero attached hydrogens (tertiary/aromatic N) is 2. The molecular weight excluding hydrogens is 228 g/mol. The highest BCUT2D eigenvalue weighted by Gasteiger charge is 2.23. The fraction of sp³-hybridized carbons (Fsp3) is 0.538. The van der Waals surface area contributed by atoms with E-state index in [0.29, 0.717) is 0 Å². The number of nitrogens with one attached hydrogen (secondary N) is 2. The minimum atomic E-state index is 0.0529. The third-order valence-electron chi connectivity index (χ3n) is 3.13. The number of carbonyl (C=O) groups is 1. The Balaban J connectivity index is 1.88. The molecule has 1 fully saturated rings. The van der Waals surface area contributed by atoms with Crippen LogP contribution in [0.3, 0.4) is 0 Å². The predicted molar refractivity (Wildman–Crippen MR) is 71.3 cm³/mol. The van der Waals surface area contributed by atoms with Gasteiger partial charge in [-0.3, -0.25) is 9.69 Å². The Kier molecular flexibility index (Phi) is 4.15. The fourth-order valence-corrected chi connectivity index (χ4v) is 2.32. The van der Waals surface area contributed by atoms with Gasteiger partial charge in [0, 0.05) is 39.6 Å². The smallest absolute Gasteiger partial charge is 0.217 e. The Labute approximate surface area is 108 Å². The third-order valence-corrected chi connectivity index (χ3v) is 3.13. The van der Waals surface area contributed by atoms with Gasteiger partial charge in [-0.05, 0) is 18.6 Å². The Bertz CT molecular complexity index is 421. The summed E-state index contributed by atoms with van der Waals surface area (Å²) in [7, 11) is 1.87. The Morgan fingerprint density at radius 3 is 3.11 bits per heavy atom. The van der Waals surface area contributed by atoms with Crippen LogP contribution in [0.15, 0.2) is 18.2 Å². The van der Waals surface area contributed by atoms with Gasteiger partial charge in [-0.2, -0.15) is 0 Å². The molecule has 0 saturated carbocycles. The number of rotatable bonds is 4. The van der Waals surface area contributed by atoms with Gasteiger partial charge < -0.3 is 10.6 Å². The van der Waals surface area contributed by atoms with Gasteiger partial charge in [-0.15, -0.1) is 0 Å². The highest BCUT2D eigenvalue weighted by Crippen LogP contribution is 2.13. The number of carbonyl (C=O) groups excluding carboxylic acids is 1. The van der Waals surface area contributed by atoms with Crippen LogP contribution < -0.4 is 10.6 Å². The lowest BCUT2D eigenvalue weighted by atomic mass is 10.2. The summed E-state index contributed by atoms with van der Waals surface area (Å²) in [6.07, 6.45) is 1.02. The first-order valence-corrected chi connectivity index (χ1v) is 6.30. The summed E-state index contributed by atoms with van der Waals surface area (Å²) in [5.74, 6) is 0.947. The number of pyridine rings is 1. The van der Waals surface area contributed by atoms with Crippen LogP contribution in [0.25, 0.3) is 0 Å². The van der Waals surface area contributed by atoms with E-state index in [9.17, 15) is 4.79 Å². The van der Waals surface area contributed by atoms with Crippen molar-refractivity contribution in [2.24, 2.45) is 0 Å². The molecule has 1 aromatic rings. The molecule has 1 aliphatic rings. The van der Waals surface area contributed by atoms with Crippen molar-refractivity contribution >= 4 is 11.7 Å². The average Bonchev–Trinajstić information content (AvgIpc) is 2.76. The molecule has 0 aliphatic carbocycles. The topological polar surface area (TPSA) is 57.3 Å². The standard InChI is InChI=1S/C13H20N4O/c1-10(18)15-12-6-7-17(9-12)8-11-4-3-5-13(14-2)16-11/h3-5,12H,6-9H2,1-2H3,(H,14,16)(H,15,18). The second-order valence-electron chi connectivity index (χ2n) is 4.69. The second-order valence-corrected chi connectivity index (χ2v) is 4.69. The molecule has 0 spiro atoms. The monoisotopic (exact) mass is 248 g/mol. The molecule has 1 aromatic heterocycles. The summed E-state index contributed by atoms with van der Waals surface area (Å²) in [6.45, 7) is 4.33. The zero-order chi connectivity index (χ0) is 13.0. The van der Waals surface area contributed by atoms with E-state index in [4.69, 9.17) is 0 Å². The van der Waals surface area contributed by atoms with Crippen molar-refractivity contribution in [1.82, 2.24) is 15.2 Å². The Morgan fingerprint density at radius 2 is 2.39 bits per heavy atom. The third kappa shape index (κ3) is 3.43. The first kappa shape index (κ1) is 12.8. The summed E-state index contributed by atoms with van der Waals surface area (Å²) < 4.78 is 0. The van der Waals surface area contributed by atoms with Crippen LogP contribution in [-0.2, 0) is 11.3 Å². The normalized spacial score (nSPS) is 19.8. The Hall–Kier alpha value is -1.62. The van der Waals surface area contributed by atoms with Gasteiger partial charge >= 0.3 is 0 Å². The molecule has 0 aromatic carbocycles. The van der Waals surface area contributed by atoms with Gasteiger partial charge in [-0.25, -0.2) is 4.98 Å². The van der Waals surface area contributed by atoms with E-state index in [1.165, 1.54) is 0 Å². The van der Waals surface area contributed by atoms with Gasteiger partial charge in [0.15, 0.2) is 0 Å². The molecule has 0 bridgehead atoms. The average molecular weight is 248 g/mol. The quantitative estimate of drug-likeness (QED) is 0.829. The van der Waals surface area contributed by atoms with E-state index in [0.717, 1.165) is 37.6 Å². The van der Waals surface area contributed by atoms with E-state index >= 15 is 0 Å². The highest BCUT2D eigenvalue weighted by atomic mass is 16.1. The maximum Gasteiger partial charge on any atom is 0.217 e. The van der Waals surface area contributed by atoms with E-state index in [2.05, 4.69) is 20.5 Å². The summed E-state index contributed by atoms with van der Waals surface area (Å²) in [5, 5.41) is 6.01. The van der Waals surface area contributed by atoms with E-state index < -0.39 is 0 Å². The zero-order valence-corrected chi connectivity index (χ0v) is 10.9.